The fourth-order valence-corrected chi connectivity index (χ4v) is 2.59. The summed E-state index contributed by atoms with van der Waals surface area (Å²) < 4.78 is 21.8. The van der Waals surface area contributed by atoms with Crippen molar-refractivity contribution in [1.29, 1.82) is 0 Å². The van der Waals surface area contributed by atoms with Gasteiger partial charge in [-0.3, -0.25) is 4.79 Å². The van der Waals surface area contributed by atoms with Crippen molar-refractivity contribution in [2.75, 3.05) is 0 Å². The lowest BCUT2D eigenvalue weighted by atomic mass is 10.0. The topological polar surface area (TPSA) is 120 Å². The van der Waals surface area contributed by atoms with Gasteiger partial charge >= 0.3 is 18.0 Å². The summed E-state index contributed by atoms with van der Waals surface area (Å²) in [7, 11) is 0. The molecular formula is C19H33NO8. The predicted octanol–water partition coefficient (Wildman–Crippen LogP) is 2.61. The molecule has 0 aliphatic carbocycles. The first-order valence-corrected chi connectivity index (χ1v) is 9.35. The molecule has 1 fully saturated rings. The number of hydrogen-bond donors (Lipinski definition) is 2. The molecule has 0 saturated carbocycles. The highest BCUT2D eigenvalue weighted by Gasteiger charge is 2.50. The Labute approximate surface area is 166 Å². The molecule has 162 valence electrons. The molecule has 1 saturated heterocycles. The Morgan fingerprint density at radius 1 is 1.11 bits per heavy atom. The maximum atomic E-state index is 12.4. The third kappa shape index (κ3) is 7.63. The number of carbonyl (C=O) groups excluding carboxylic acids is 2. The number of alkyl carbamates (subject to hydrolysis) is 1. The molecule has 9 heteroatoms. The van der Waals surface area contributed by atoms with E-state index >= 15 is 0 Å². The van der Waals surface area contributed by atoms with Gasteiger partial charge in [0, 0.05) is 0 Å². The molecule has 28 heavy (non-hydrogen) atoms. The molecule has 3 atom stereocenters. The van der Waals surface area contributed by atoms with Gasteiger partial charge in [0.2, 0.25) is 0 Å². The number of carbonyl (C=O) groups is 3. The average molecular weight is 403 g/mol. The number of aliphatic carboxylic acids is 1. The van der Waals surface area contributed by atoms with E-state index in [0.717, 1.165) is 0 Å². The first kappa shape index (κ1) is 24.2. The fourth-order valence-electron chi connectivity index (χ4n) is 2.59. The molecule has 1 rings (SSSR count). The van der Waals surface area contributed by atoms with E-state index < -0.39 is 53.3 Å². The second kappa shape index (κ2) is 8.65. The van der Waals surface area contributed by atoms with Crippen LogP contribution in [0.3, 0.4) is 0 Å². The molecule has 0 bridgehead atoms. The average Bonchev–Trinajstić information content (AvgIpc) is 2.80. The highest BCUT2D eigenvalue weighted by atomic mass is 16.8. The summed E-state index contributed by atoms with van der Waals surface area (Å²) in [6.07, 6.45) is -2.96. The lowest BCUT2D eigenvalue weighted by Crippen LogP contribution is -2.52. The van der Waals surface area contributed by atoms with Crippen molar-refractivity contribution >= 4 is 18.0 Å². The lowest BCUT2D eigenvalue weighted by Gasteiger charge is -2.29. The van der Waals surface area contributed by atoms with Crippen LogP contribution in [-0.2, 0) is 28.5 Å². The predicted molar refractivity (Wildman–Crippen MR) is 99.7 cm³/mol. The number of ether oxygens (including phenoxy) is 4. The monoisotopic (exact) mass is 403 g/mol. The van der Waals surface area contributed by atoms with Crippen molar-refractivity contribution in [3.05, 3.63) is 0 Å². The number of nitrogens with one attached hydrogen (secondary N) is 1. The van der Waals surface area contributed by atoms with E-state index in [-0.39, 0.29) is 6.42 Å². The van der Waals surface area contributed by atoms with Gasteiger partial charge in [0.15, 0.2) is 11.9 Å². The number of esters is 1. The third-order valence-corrected chi connectivity index (χ3v) is 4.10. The molecule has 1 aliphatic rings. The minimum atomic E-state index is -1.36. The highest BCUT2D eigenvalue weighted by molar-refractivity contribution is 5.76. The van der Waals surface area contributed by atoms with Crippen LogP contribution in [0.1, 0.15) is 68.2 Å². The van der Waals surface area contributed by atoms with Crippen LogP contribution in [0.2, 0.25) is 0 Å². The first-order chi connectivity index (χ1) is 12.6. The number of rotatable bonds is 7. The van der Waals surface area contributed by atoms with E-state index in [2.05, 4.69) is 5.32 Å². The molecule has 1 heterocycles. The molecule has 0 aromatic rings. The fraction of sp³-hybridized carbons (Fsp3) is 0.842. The third-order valence-electron chi connectivity index (χ3n) is 4.10. The van der Waals surface area contributed by atoms with E-state index in [4.69, 9.17) is 18.9 Å². The van der Waals surface area contributed by atoms with E-state index in [9.17, 15) is 19.5 Å². The standard InChI is InChI=1S/C19H33NO8/c1-9-18(5,6)28-16(24)20-11(10-12(21)25-17(2,3)4)13-14(15(22)23)27-19(7,8)26-13/h11,13-14H,9-10H2,1-8H3,(H,20,24)(H,22,23)/t11-,13-,14-/m1/s1. The van der Waals surface area contributed by atoms with Gasteiger partial charge in [0.05, 0.1) is 12.5 Å². The largest absolute Gasteiger partial charge is 0.479 e. The quantitative estimate of drug-likeness (QED) is 0.622. The molecule has 0 unspecified atom stereocenters. The Balaban J connectivity index is 3.04. The summed E-state index contributed by atoms with van der Waals surface area (Å²) in [6.45, 7) is 13.6. The number of carboxylic acid groups (broad SMARTS) is 1. The van der Waals surface area contributed by atoms with Crippen molar-refractivity contribution in [2.45, 2.75) is 103 Å². The summed E-state index contributed by atoms with van der Waals surface area (Å²) in [5, 5.41) is 12.0. The Hall–Kier alpha value is -1.87. The molecule has 9 nitrogen and oxygen atoms in total. The van der Waals surface area contributed by atoms with E-state index in [1.165, 1.54) is 0 Å². The van der Waals surface area contributed by atoms with Crippen molar-refractivity contribution in [1.82, 2.24) is 5.32 Å². The van der Waals surface area contributed by atoms with Crippen LogP contribution >= 0.6 is 0 Å². The second-order valence-corrected chi connectivity index (χ2v) is 8.90. The highest BCUT2D eigenvalue weighted by Crippen LogP contribution is 2.31. The zero-order valence-corrected chi connectivity index (χ0v) is 18.0. The Bertz CT molecular complexity index is 593. The van der Waals surface area contributed by atoms with Crippen molar-refractivity contribution in [2.24, 2.45) is 0 Å². The van der Waals surface area contributed by atoms with E-state index in [1.807, 2.05) is 6.92 Å². The Morgan fingerprint density at radius 2 is 1.68 bits per heavy atom. The minimum Gasteiger partial charge on any atom is -0.479 e. The van der Waals surface area contributed by atoms with Crippen LogP contribution in [0.25, 0.3) is 0 Å². The van der Waals surface area contributed by atoms with Crippen molar-refractivity contribution in [3.8, 4) is 0 Å². The smallest absolute Gasteiger partial charge is 0.407 e. The van der Waals surface area contributed by atoms with Crippen LogP contribution in [0.5, 0.6) is 0 Å². The van der Waals surface area contributed by atoms with Gasteiger partial charge in [-0.1, -0.05) is 6.92 Å². The SMILES string of the molecule is CCC(C)(C)OC(=O)N[C@H](CC(=O)OC(C)(C)C)[C@H]1OC(C)(C)O[C@H]1C(=O)O. The van der Waals surface area contributed by atoms with Gasteiger partial charge in [-0.05, 0) is 54.9 Å². The van der Waals surface area contributed by atoms with Crippen molar-refractivity contribution in [3.63, 3.8) is 0 Å². The molecular weight excluding hydrogens is 370 g/mol. The zero-order valence-electron chi connectivity index (χ0n) is 18.0. The van der Waals surface area contributed by atoms with Crippen LogP contribution in [0, 0.1) is 0 Å². The van der Waals surface area contributed by atoms with Crippen LogP contribution in [-0.4, -0.2) is 58.4 Å². The van der Waals surface area contributed by atoms with Gasteiger partial charge in [0.25, 0.3) is 0 Å². The number of amides is 1. The minimum absolute atomic E-state index is 0.299. The molecule has 0 spiro atoms. The van der Waals surface area contributed by atoms with Gasteiger partial charge in [-0.25, -0.2) is 9.59 Å². The molecule has 2 N–H and O–H groups in total. The summed E-state index contributed by atoms with van der Waals surface area (Å²) in [5.74, 6) is -3.05. The zero-order chi connectivity index (χ0) is 21.9. The Kier molecular flexibility index (Phi) is 7.47. The van der Waals surface area contributed by atoms with E-state index in [1.54, 1.807) is 48.5 Å². The van der Waals surface area contributed by atoms with Crippen LogP contribution in [0.4, 0.5) is 4.79 Å². The second-order valence-electron chi connectivity index (χ2n) is 8.90. The molecule has 0 aromatic carbocycles. The van der Waals surface area contributed by atoms with E-state index in [0.29, 0.717) is 6.42 Å². The Morgan fingerprint density at radius 3 is 2.14 bits per heavy atom. The normalized spacial score (nSPS) is 23.0. The lowest BCUT2D eigenvalue weighted by molar-refractivity contribution is -0.166. The maximum Gasteiger partial charge on any atom is 0.407 e. The maximum absolute atomic E-state index is 12.4. The number of carboxylic acids is 1. The first-order valence-electron chi connectivity index (χ1n) is 9.35. The van der Waals surface area contributed by atoms with Crippen molar-refractivity contribution < 1.29 is 38.4 Å². The van der Waals surface area contributed by atoms with Crippen LogP contribution in [0.15, 0.2) is 0 Å². The van der Waals surface area contributed by atoms with Crippen LogP contribution < -0.4 is 5.32 Å². The molecule has 0 aromatic heterocycles. The summed E-state index contributed by atoms with van der Waals surface area (Å²) >= 11 is 0. The van der Waals surface area contributed by atoms with Gasteiger partial charge in [-0.2, -0.15) is 0 Å². The summed E-state index contributed by atoms with van der Waals surface area (Å²) in [4.78, 5) is 36.3. The summed E-state index contributed by atoms with van der Waals surface area (Å²) in [6, 6.07) is -1.02. The van der Waals surface area contributed by atoms with Gasteiger partial charge in [-0.15, -0.1) is 0 Å². The number of hydrogen-bond acceptors (Lipinski definition) is 7. The molecule has 1 amide bonds. The van der Waals surface area contributed by atoms with Gasteiger partial charge < -0.3 is 29.4 Å². The summed E-state index contributed by atoms with van der Waals surface area (Å²) in [5.41, 5.74) is -1.45. The van der Waals surface area contributed by atoms with Gasteiger partial charge in [0.1, 0.15) is 17.3 Å². The molecule has 1 aliphatic heterocycles. The molecule has 0 radical (unpaired) electrons.